The summed E-state index contributed by atoms with van der Waals surface area (Å²) in [4.78, 5) is 81.5. The Hall–Kier alpha value is -7.40. The summed E-state index contributed by atoms with van der Waals surface area (Å²) in [6, 6.07) is 28.7. The highest BCUT2D eigenvalue weighted by Gasteiger charge is 2.33. The number of hydrogen-bond donors (Lipinski definition) is 6. The molecule has 8 aromatic rings. The Kier molecular flexibility index (Phi) is 19.8. The zero-order valence-electron chi connectivity index (χ0n) is 46.4. The van der Waals surface area contributed by atoms with Crippen LogP contribution in [0.1, 0.15) is 83.5 Å². The first-order chi connectivity index (χ1) is 41.1. The molecule has 2 aliphatic carbocycles. The number of nitrogens with one attached hydrogen (secondary N) is 6. The fraction of sp³-hybridized carbons (Fsp3) is 0.310. The predicted molar refractivity (Wildman–Crippen MR) is 332 cm³/mol. The molecule has 0 spiro atoms. The maximum Gasteiger partial charge on any atom is 0.325 e. The first kappa shape index (κ1) is 60.7. The lowest BCUT2D eigenvalue weighted by atomic mass is 9.94. The lowest BCUT2D eigenvalue weighted by Gasteiger charge is -2.29. The van der Waals surface area contributed by atoms with Gasteiger partial charge in [0, 0.05) is 108 Å². The largest absolute Gasteiger partial charge is 0.378 e. The molecule has 4 aromatic carbocycles. The van der Waals surface area contributed by atoms with Crippen LogP contribution in [0.15, 0.2) is 150 Å². The first-order valence-corrected chi connectivity index (χ1v) is 34.0. The molecule has 6 N–H and O–H groups in total. The minimum Gasteiger partial charge on any atom is -0.378 e. The van der Waals surface area contributed by atoms with Gasteiger partial charge in [-0.1, -0.05) is 84.8 Å². The SMILES string of the molecule is CN(C)c1ccc(NC(=O)Nc2nc(CSc3ccccc3)c(S(=O)(=O)c3ncc[nH]3)s2)c(C(=O)C2CCCC2)c1.O=C(Nc1nc(CSc2ccccc2)c(S(=O)(=O)c2ncc[nH]2)s1)Nc1ccc(N2CCOCC2)cc1C(=O)C1CCCC1. The molecule has 0 unspecified atom stereocenters. The summed E-state index contributed by atoms with van der Waals surface area (Å²) < 4.78 is 59.0. The van der Waals surface area contributed by atoms with Gasteiger partial charge in [-0.05, 0) is 86.3 Å². The van der Waals surface area contributed by atoms with E-state index >= 15 is 0 Å². The van der Waals surface area contributed by atoms with E-state index < -0.39 is 31.7 Å². The number of sulfone groups is 2. The summed E-state index contributed by atoms with van der Waals surface area (Å²) in [5.41, 5.74) is 4.10. The number of urea groups is 2. The van der Waals surface area contributed by atoms with E-state index in [1.54, 1.807) is 18.2 Å². The number of thiazole rings is 2. The van der Waals surface area contributed by atoms with Gasteiger partial charge in [0.15, 0.2) is 30.2 Å². The highest BCUT2D eigenvalue weighted by molar-refractivity contribution is 7.99. The molecule has 27 heteroatoms. The summed E-state index contributed by atoms with van der Waals surface area (Å²) in [5, 5.41) is 10.8. The number of ether oxygens (including phenoxy) is 1. The van der Waals surface area contributed by atoms with Crippen LogP contribution in [0.3, 0.4) is 0 Å². The number of Topliss-reactive ketones (excluding diaryl/α,β-unsaturated/α-hetero) is 2. The van der Waals surface area contributed by atoms with Gasteiger partial charge in [0.2, 0.25) is 10.3 Å². The van der Waals surface area contributed by atoms with Crippen LogP contribution in [0.5, 0.6) is 0 Å². The van der Waals surface area contributed by atoms with E-state index in [0.717, 1.165) is 108 Å². The van der Waals surface area contributed by atoms with Crippen LogP contribution >= 0.6 is 46.2 Å². The van der Waals surface area contributed by atoms with E-state index in [4.69, 9.17) is 4.74 Å². The van der Waals surface area contributed by atoms with Gasteiger partial charge in [0.05, 0.1) is 36.0 Å². The average molecular weight is 1260 g/mol. The van der Waals surface area contributed by atoms with Crippen molar-refractivity contribution in [1.82, 2.24) is 29.9 Å². The molecule has 444 valence electrons. The van der Waals surface area contributed by atoms with Crippen molar-refractivity contribution in [2.24, 2.45) is 11.8 Å². The number of morpholine rings is 1. The van der Waals surface area contributed by atoms with Crippen LogP contribution in [0.25, 0.3) is 0 Å². The van der Waals surface area contributed by atoms with Crippen molar-refractivity contribution in [2.45, 2.75) is 91.4 Å². The van der Waals surface area contributed by atoms with Crippen molar-refractivity contribution in [3.05, 3.63) is 144 Å². The average Bonchev–Trinajstić information content (AvgIpc) is 3.62. The number of H-pyrrole nitrogens is 2. The molecule has 0 bridgehead atoms. The number of hydrogen-bond acceptors (Lipinski definition) is 19. The molecular weight excluding hydrogens is 1200 g/mol. The Balaban J connectivity index is 0.000000190. The Labute approximate surface area is 508 Å². The molecule has 2 saturated carbocycles. The van der Waals surface area contributed by atoms with Crippen molar-refractivity contribution in [2.75, 3.05) is 71.5 Å². The Morgan fingerprint density at radius 2 is 1.06 bits per heavy atom. The summed E-state index contributed by atoms with van der Waals surface area (Å²) in [6.45, 7) is 2.68. The van der Waals surface area contributed by atoms with Crippen LogP contribution in [0.2, 0.25) is 0 Å². The molecule has 4 amide bonds. The molecule has 0 radical (unpaired) electrons. The minimum absolute atomic E-state index is 0.00128. The fourth-order valence-electron chi connectivity index (χ4n) is 10.00. The predicted octanol–water partition coefficient (Wildman–Crippen LogP) is 11.9. The van der Waals surface area contributed by atoms with Crippen molar-refractivity contribution in [3.8, 4) is 0 Å². The van der Waals surface area contributed by atoms with Crippen LogP contribution in [-0.4, -0.2) is 111 Å². The normalized spacial score (nSPS) is 14.8. The molecular formula is C58H62N12O9S6. The minimum atomic E-state index is -4.00. The third-order valence-electron chi connectivity index (χ3n) is 14.3. The summed E-state index contributed by atoms with van der Waals surface area (Å²) >= 11 is 4.59. The molecule has 3 aliphatic rings. The number of ketones is 2. The van der Waals surface area contributed by atoms with E-state index in [1.165, 1.54) is 48.3 Å². The van der Waals surface area contributed by atoms with Crippen molar-refractivity contribution in [3.63, 3.8) is 0 Å². The number of thioether (sulfide) groups is 2. The van der Waals surface area contributed by atoms with Crippen LogP contribution < -0.4 is 31.1 Å². The standard InChI is InChI=1S/C30H32N6O5S3.C28H30N6O4S3/c37-26(20-6-4-5-7-20)23-18-21(36-14-16-41-17-15-36)10-11-24(23)33-28(38)35-29-34-25(19-42-22-8-2-1-3-9-22)27(43-29)44(39,40)30-31-12-13-32-30;1-34(2)19-12-13-22(21(16-19)24(35)18-8-6-7-9-18)31-26(36)33-27-32-23(17-39-20-10-4-3-5-11-20)25(40-27)41(37,38)28-29-14-15-30-28/h1-3,8-13,18,20H,4-7,14-17,19H2,(H,31,32)(H2,33,34,35,38);3-5,10-16,18H,6-9,17H2,1-2H3,(H,29,30)(H2,31,32,33,36). The van der Waals surface area contributed by atoms with E-state index in [9.17, 15) is 36.0 Å². The van der Waals surface area contributed by atoms with Crippen LogP contribution in [0, 0.1) is 11.8 Å². The molecule has 4 aromatic heterocycles. The van der Waals surface area contributed by atoms with E-state index in [0.29, 0.717) is 47.1 Å². The number of anilines is 6. The van der Waals surface area contributed by atoms with Crippen molar-refractivity contribution in [1.29, 1.82) is 0 Å². The summed E-state index contributed by atoms with van der Waals surface area (Å²) in [6.07, 6.45) is 13.0. The highest BCUT2D eigenvalue weighted by atomic mass is 32.2. The molecule has 85 heavy (non-hydrogen) atoms. The quantitative estimate of drug-likeness (QED) is 0.0305. The number of amides is 4. The molecule has 11 rings (SSSR count). The maximum atomic E-state index is 13.6. The third kappa shape index (κ3) is 15.0. The molecule has 21 nitrogen and oxygen atoms in total. The van der Waals surface area contributed by atoms with E-state index in [1.807, 2.05) is 97.9 Å². The maximum absolute atomic E-state index is 13.6. The molecule has 5 heterocycles. The molecule has 3 fully saturated rings. The fourth-order valence-corrected chi connectivity index (χ4v) is 17.4. The Bertz CT molecular complexity index is 3850. The Morgan fingerprint density at radius 1 is 0.612 bits per heavy atom. The van der Waals surface area contributed by atoms with Gasteiger partial charge in [0.25, 0.3) is 19.7 Å². The number of imidazole rings is 2. The summed E-state index contributed by atoms with van der Waals surface area (Å²) in [7, 11) is -4.21. The molecule has 1 aliphatic heterocycles. The topological polar surface area (TPSA) is 284 Å². The number of benzene rings is 4. The van der Waals surface area contributed by atoms with Gasteiger partial charge >= 0.3 is 12.1 Å². The lowest BCUT2D eigenvalue weighted by molar-refractivity contribution is 0.0916. The Morgan fingerprint density at radius 3 is 1.49 bits per heavy atom. The zero-order valence-corrected chi connectivity index (χ0v) is 51.3. The van der Waals surface area contributed by atoms with Gasteiger partial charge in [-0.3, -0.25) is 20.2 Å². The first-order valence-electron chi connectivity index (χ1n) is 27.5. The molecule has 0 atom stereocenters. The van der Waals surface area contributed by atoms with Crippen molar-refractivity contribution < 1.29 is 40.8 Å². The second-order valence-electron chi connectivity index (χ2n) is 20.3. The lowest BCUT2D eigenvalue weighted by Crippen LogP contribution is -2.36. The highest BCUT2D eigenvalue weighted by Crippen LogP contribution is 2.39. The number of rotatable bonds is 20. The van der Waals surface area contributed by atoms with Crippen molar-refractivity contribution >= 4 is 123 Å². The van der Waals surface area contributed by atoms with Gasteiger partial charge in [-0.2, -0.15) is 0 Å². The number of carbonyl (C=O) groups is 4. The second kappa shape index (κ2) is 27.8. The van der Waals surface area contributed by atoms with Crippen LogP contribution in [-0.2, 0) is 35.9 Å². The number of nitrogens with zero attached hydrogens (tertiary/aromatic N) is 6. The smallest absolute Gasteiger partial charge is 0.325 e. The van der Waals surface area contributed by atoms with E-state index in [-0.39, 0.29) is 63.9 Å². The molecule has 1 saturated heterocycles. The number of aromatic nitrogens is 6. The number of carbonyl (C=O) groups excluding carboxylic acids is 4. The zero-order chi connectivity index (χ0) is 59.5. The monoisotopic (exact) mass is 1260 g/mol. The summed E-state index contributed by atoms with van der Waals surface area (Å²) in [5.74, 6) is 0.440. The van der Waals surface area contributed by atoms with Gasteiger partial charge in [-0.25, -0.2) is 46.4 Å². The van der Waals surface area contributed by atoms with Crippen LogP contribution in [0.4, 0.5) is 42.6 Å². The van der Waals surface area contributed by atoms with Gasteiger partial charge in [0.1, 0.15) is 0 Å². The van der Waals surface area contributed by atoms with Gasteiger partial charge < -0.3 is 35.1 Å². The van der Waals surface area contributed by atoms with E-state index in [2.05, 4.69) is 56.1 Å². The number of aromatic amines is 2. The second-order valence-corrected chi connectivity index (χ2v) is 28.5. The third-order valence-corrected chi connectivity index (χ3v) is 22.7. The van der Waals surface area contributed by atoms with Gasteiger partial charge in [-0.15, -0.1) is 23.5 Å².